The van der Waals surface area contributed by atoms with Gasteiger partial charge in [0.1, 0.15) is 5.75 Å². The van der Waals surface area contributed by atoms with Crippen molar-refractivity contribution in [1.82, 2.24) is 9.55 Å². The molecule has 0 spiro atoms. The number of aromatic carboxylic acids is 1. The van der Waals surface area contributed by atoms with E-state index >= 15 is 0 Å². The van der Waals surface area contributed by atoms with Crippen LogP contribution in [-0.2, 0) is 6.54 Å². The summed E-state index contributed by atoms with van der Waals surface area (Å²) in [6.07, 6.45) is 6.25. The Balaban J connectivity index is 1.84. The fourth-order valence-electron chi connectivity index (χ4n) is 1.60. The number of nitrogens with zero attached hydrogens (tertiary/aromatic N) is 2. The number of imidazole rings is 1. The molecule has 6 heteroatoms. The second-order valence-corrected chi connectivity index (χ2v) is 4.81. The minimum atomic E-state index is -0.952. The largest absolute Gasteiger partial charge is 0.492 e. The Labute approximate surface area is 119 Å². The van der Waals surface area contributed by atoms with Gasteiger partial charge in [-0.3, -0.25) is 0 Å². The first-order valence-electron chi connectivity index (χ1n) is 5.78. The molecule has 5 nitrogen and oxygen atoms in total. The summed E-state index contributed by atoms with van der Waals surface area (Å²) in [6, 6.07) is 4.72. The number of carboxylic acid groups (broad SMARTS) is 1. The van der Waals surface area contributed by atoms with E-state index in [-0.39, 0.29) is 5.56 Å². The second-order valence-electron chi connectivity index (χ2n) is 3.95. The highest BCUT2D eigenvalue weighted by Gasteiger charge is 2.07. The van der Waals surface area contributed by atoms with Crippen molar-refractivity contribution in [2.75, 3.05) is 6.61 Å². The van der Waals surface area contributed by atoms with E-state index in [1.54, 1.807) is 18.6 Å². The Morgan fingerprint density at radius 3 is 2.95 bits per heavy atom. The molecule has 0 aliphatic rings. The molecule has 1 N–H and O–H groups in total. The molecule has 0 radical (unpaired) electrons. The van der Waals surface area contributed by atoms with Gasteiger partial charge in [-0.25, -0.2) is 9.78 Å². The van der Waals surface area contributed by atoms with Gasteiger partial charge < -0.3 is 14.4 Å². The molecule has 0 unspecified atom stereocenters. The van der Waals surface area contributed by atoms with Crippen LogP contribution in [0.3, 0.4) is 0 Å². The van der Waals surface area contributed by atoms with Crippen LogP contribution in [0.25, 0.3) is 0 Å². The van der Waals surface area contributed by atoms with Crippen LogP contribution >= 0.6 is 15.9 Å². The molecule has 0 bridgehead atoms. The number of aromatic nitrogens is 2. The van der Waals surface area contributed by atoms with Gasteiger partial charge in [0, 0.05) is 18.9 Å². The van der Waals surface area contributed by atoms with Gasteiger partial charge in [-0.05, 0) is 40.5 Å². The molecule has 2 aromatic rings. The molecule has 1 aromatic heterocycles. The quantitative estimate of drug-likeness (QED) is 0.830. The van der Waals surface area contributed by atoms with Gasteiger partial charge >= 0.3 is 5.97 Å². The molecule has 0 atom stereocenters. The number of halogens is 1. The highest BCUT2D eigenvalue weighted by Crippen LogP contribution is 2.26. The Morgan fingerprint density at radius 2 is 2.32 bits per heavy atom. The fourth-order valence-corrected chi connectivity index (χ4v) is 2.09. The highest BCUT2D eigenvalue weighted by molar-refractivity contribution is 9.10. The molecule has 0 fully saturated rings. The summed E-state index contributed by atoms with van der Waals surface area (Å²) in [5.74, 6) is -0.303. The third kappa shape index (κ3) is 3.82. The van der Waals surface area contributed by atoms with Gasteiger partial charge in [-0.2, -0.15) is 0 Å². The van der Waals surface area contributed by atoms with E-state index in [9.17, 15) is 4.79 Å². The van der Waals surface area contributed by atoms with Crippen LogP contribution in [0.1, 0.15) is 16.8 Å². The molecule has 100 valence electrons. The molecule has 2 rings (SSSR count). The summed E-state index contributed by atoms with van der Waals surface area (Å²) in [4.78, 5) is 14.7. The SMILES string of the molecule is O=C(O)c1ccc(OCCCn2ccnc2)c(Br)c1. The first-order valence-corrected chi connectivity index (χ1v) is 6.57. The van der Waals surface area contributed by atoms with Crippen LogP contribution in [0.5, 0.6) is 5.75 Å². The maximum absolute atomic E-state index is 10.8. The predicted octanol–water partition coefficient (Wildman–Crippen LogP) is 2.81. The monoisotopic (exact) mass is 324 g/mol. The van der Waals surface area contributed by atoms with Crippen LogP contribution in [0.15, 0.2) is 41.4 Å². The zero-order valence-corrected chi connectivity index (χ0v) is 11.7. The van der Waals surface area contributed by atoms with Crippen molar-refractivity contribution in [1.29, 1.82) is 0 Å². The van der Waals surface area contributed by atoms with Crippen molar-refractivity contribution in [2.45, 2.75) is 13.0 Å². The number of rotatable bonds is 6. The average Bonchev–Trinajstić information content (AvgIpc) is 2.89. The lowest BCUT2D eigenvalue weighted by Gasteiger charge is -2.09. The minimum absolute atomic E-state index is 0.234. The van der Waals surface area contributed by atoms with Gasteiger partial charge in [0.25, 0.3) is 0 Å². The molecule has 1 aromatic carbocycles. The van der Waals surface area contributed by atoms with Gasteiger partial charge in [-0.1, -0.05) is 0 Å². The maximum atomic E-state index is 10.8. The molecule has 0 saturated carbocycles. The van der Waals surface area contributed by atoms with Crippen molar-refractivity contribution in [3.05, 3.63) is 47.0 Å². The number of aryl methyl sites for hydroxylation is 1. The van der Waals surface area contributed by atoms with Crippen LogP contribution in [-0.4, -0.2) is 27.2 Å². The normalized spacial score (nSPS) is 10.4. The number of carboxylic acids is 1. The zero-order chi connectivity index (χ0) is 13.7. The Kier molecular flexibility index (Phi) is 4.57. The maximum Gasteiger partial charge on any atom is 0.335 e. The van der Waals surface area contributed by atoms with Gasteiger partial charge in [0.15, 0.2) is 0 Å². The summed E-state index contributed by atoms with van der Waals surface area (Å²) < 4.78 is 8.22. The molecule has 19 heavy (non-hydrogen) atoms. The average molecular weight is 325 g/mol. The van der Waals surface area contributed by atoms with Gasteiger partial charge in [-0.15, -0.1) is 0 Å². The van der Waals surface area contributed by atoms with Crippen molar-refractivity contribution in [3.8, 4) is 5.75 Å². The van der Waals surface area contributed by atoms with E-state index in [4.69, 9.17) is 9.84 Å². The number of carbonyl (C=O) groups is 1. The number of benzene rings is 1. The third-order valence-electron chi connectivity index (χ3n) is 2.56. The van der Waals surface area contributed by atoms with Gasteiger partial charge in [0.05, 0.1) is 23.0 Å². The lowest BCUT2D eigenvalue weighted by atomic mass is 10.2. The summed E-state index contributed by atoms with van der Waals surface area (Å²) in [6.45, 7) is 1.40. The Bertz CT molecular complexity index is 555. The molecule has 0 amide bonds. The van der Waals surface area contributed by atoms with Crippen molar-refractivity contribution < 1.29 is 14.6 Å². The fraction of sp³-hybridized carbons (Fsp3) is 0.231. The predicted molar refractivity (Wildman–Crippen MR) is 73.4 cm³/mol. The standard InChI is InChI=1S/C13H13BrN2O3/c14-11-8-10(13(17)18)2-3-12(11)19-7-1-5-16-6-4-15-9-16/h2-4,6,8-9H,1,5,7H2,(H,17,18). The van der Waals surface area contributed by atoms with E-state index in [2.05, 4.69) is 20.9 Å². The summed E-state index contributed by atoms with van der Waals surface area (Å²) in [5.41, 5.74) is 0.234. The van der Waals surface area contributed by atoms with Crippen LogP contribution in [0, 0.1) is 0 Å². The number of ether oxygens (including phenoxy) is 1. The molecule has 1 heterocycles. The van der Waals surface area contributed by atoms with E-state index in [0.717, 1.165) is 13.0 Å². The Morgan fingerprint density at radius 1 is 1.47 bits per heavy atom. The third-order valence-corrected chi connectivity index (χ3v) is 3.18. The zero-order valence-electron chi connectivity index (χ0n) is 10.1. The van der Waals surface area contributed by atoms with E-state index in [1.165, 1.54) is 12.1 Å². The van der Waals surface area contributed by atoms with E-state index < -0.39 is 5.97 Å². The summed E-state index contributed by atoms with van der Waals surface area (Å²) in [7, 11) is 0. The van der Waals surface area contributed by atoms with Crippen LogP contribution < -0.4 is 4.74 Å². The first-order chi connectivity index (χ1) is 9.16. The van der Waals surface area contributed by atoms with Crippen LogP contribution in [0.4, 0.5) is 0 Å². The molecule has 0 aliphatic heterocycles. The first kappa shape index (κ1) is 13.6. The van der Waals surface area contributed by atoms with Crippen LogP contribution in [0.2, 0.25) is 0 Å². The van der Waals surface area contributed by atoms with E-state index in [1.807, 2.05) is 10.8 Å². The number of hydrogen-bond acceptors (Lipinski definition) is 3. The van der Waals surface area contributed by atoms with Crippen molar-refractivity contribution in [3.63, 3.8) is 0 Å². The van der Waals surface area contributed by atoms with Gasteiger partial charge in [0.2, 0.25) is 0 Å². The topological polar surface area (TPSA) is 64.3 Å². The lowest BCUT2D eigenvalue weighted by molar-refractivity contribution is 0.0697. The molecule has 0 saturated heterocycles. The highest BCUT2D eigenvalue weighted by atomic mass is 79.9. The van der Waals surface area contributed by atoms with E-state index in [0.29, 0.717) is 16.8 Å². The number of hydrogen-bond donors (Lipinski definition) is 1. The molecular formula is C13H13BrN2O3. The minimum Gasteiger partial charge on any atom is -0.492 e. The van der Waals surface area contributed by atoms with Crippen molar-refractivity contribution in [2.24, 2.45) is 0 Å². The summed E-state index contributed by atoms with van der Waals surface area (Å²) in [5, 5.41) is 8.85. The summed E-state index contributed by atoms with van der Waals surface area (Å²) >= 11 is 3.30. The molecular weight excluding hydrogens is 312 g/mol. The molecule has 0 aliphatic carbocycles. The second kappa shape index (κ2) is 6.38. The smallest absolute Gasteiger partial charge is 0.335 e. The lowest BCUT2D eigenvalue weighted by Crippen LogP contribution is -2.04. The van der Waals surface area contributed by atoms with Crippen molar-refractivity contribution >= 4 is 21.9 Å². The Hall–Kier alpha value is -1.82.